The number of aliphatic carboxylic acids is 1. The molecule has 0 heterocycles. The van der Waals surface area contributed by atoms with Gasteiger partial charge in [-0.2, -0.15) is 0 Å². The summed E-state index contributed by atoms with van der Waals surface area (Å²) in [4.78, 5) is 23.8. The Morgan fingerprint density at radius 1 is 1.35 bits per heavy atom. The molecule has 0 aromatic heterocycles. The van der Waals surface area contributed by atoms with Crippen molar-refractivity contribution in [3.05, 3.63) is 0 Å². The predicted octanol–water partition coefficient (Wildman–Crippen LogP) is 1.54. The highest BCUT2D eigenvalue weighted by molar-refractivity contribution is 5.80. The van der Waals surface area contributed by atoms with Gasteiger partial charge >= 0.3 is 12.0 Å². The summed E-state index contributed by atoms with van der Waals surface area (Å²) in [5.41, 5.74) is 0. The van der Waals surface area contributed by atoms with Crippen LogP contribution in [0.25, 0.3) is 0 Å². The lowest BCUT2D eigenvalue weighted by atomic mass is 10.1. The number of hydrogen-bond donors (Lipinski definition) is 2. The van der Waals surface area contributed by atoms with E-state index in [0.717, 1.165) is 5.92 Å². The summed E-state index contributed by atoms with van der Waals surface area (Å²) in [6.45, 7) is 6.13. The lowest BCUT2D eigenvalue weighted by Crippen LogP contribution is -2.47. The van der Waals surface area contributed by atoms with Crippen molar-refractivity contribution in [2.75, 3.05) is 13.1 Å². The highest BCUT2D eigenvalue weighted by atomic mass is 16.4. The van der Waals surface area contributed by atoms with Crippen molar-refractivity contribution in [1.29, 1.82) is 0 Å². The molecule has 2 amide bonds. The number of nitrogens with zero attached hydrogens (tertiary/aromatic N) is 1. The van der Waals surface area contributed by atoms with E-state index in [1.54, 1.807) is 0 Å². The molecule has 1 atom stereocenters. The van der Waals surface area contributed by atoms with Crippen LogP contribution in [-0.2, 0) is 4.79 Å². The molecule has 0 bridgehead atoms. The number of urea groups is 1. The van der Waals surface area contributed by atoms with Gasteiger partial charge in [-0.05, 0) is 38.5 Å². The number of carbonyl (C=O) groups is 2. The van der Waals surface area contributed by atoms with Gasteiger partial charge in [0.25, 0.3) is 0 Å². The second-order valence-electron chi connectivity index (χ2n) is 5.12. The molecule has 2 N–H and O–H groups in total. The minimum absolute atomic E-state index is 0.109. The van der Waals surface area contributed by atoms with Gasteiger partial charge in [-0.1, -0.05) is 6.92 Å². The van der Waals surface area contributed by atoms with Gasteiger partial charge in [0.2, 0.25) is 0 Å². The van der Waals surface area contributed by atoms with Crippen molar-refractivity contribution in [2.24, 2.45) is 11.8 Å². The van der Waals surface area contributed by atoms with Crippen LogP contribution in [-0.4, -0.2) is 41.1 Å². The topological polar surface area (TPSA) is 69.6 Å². The number of carbonyl (C=O) groups excluding carboxylic acids is 1. The first-order valence-corrected chi connectivity index (χ1v) is 6.18. The number of carboxylic acid groups (broad SMARTS) is 1. The zero-order valence-corrected chi connectivity index (χ0v) is 10.8. The molecule has 1 fully saturated rings. The van der Waals surface area contributed by atoms with Gasteiger partial charge in [-0.15, -0.1) is 0 Å². The van der Waals surface area contributed by atoms with Crippen LogP contribution in [0.15, 0.2) is 0 Å². The number of nitrogens with one attached hydrogen (secondary N) is 1. The maximum atomic E-state index is 11.8. The molecule has 0 spiro atoms. The highest BCUT2D eigenvalue weighted by Crippen LogP contribution is 2.36. The fourth-order valence-corrected chi connectivity index (χ4v) is 1.82. The average Bonchev–Trinajstić information content (AvgIpc) is 3.04. The van der Waals surface area contributed by atoms with E-state index in [4.69, 9.17) is 5.11 Å². The molecule has 0 aromatic carbocycles. The molecule has 5 heteroatoms. The molecule has 98 valence electrons. The molecule has 0 saturated heterocycles. The van der Waals surface area contributed by atoms with E-state index < -0.39 is 5.97 Å². The molecule has 1 saturated carbocycles. The molecule has 1 aliphatic carbocycles. The molecule has 0 radical (unpaired) electrons. The summed E-state index contributed by atoms with van der Waals surface area (Å²) in [6, 6.07) is -0.391. The van der Waals surface area contributed by atoms with E-state index >= 15 is 0 Å². The third-order valence-corrected chi connectivity index (χ3v) is 3.19. The maximum Gasteiger partial charge on any atom is 0.323 e. The van der Waals surface area contributed by atoms with Gasteiger partial charge < -0.3 is 15.3 Å². The van der Waals surface area contributed by atoms with Crippen molar-refractivity contribution in [3.8, 4) is 0 Å². The summed E-state index contributed by atoms with van der Waals surface area (Å²) in [7, 11) is 0. The summed E-state index contributed by atoms with van der Waals surface area (Å²) in [5.74, 6) is 0.240. The largest absolute Gasteiger partial charge is 0.480 e. The number of rotatable bonds is 6. The Kier molecular flexibility index (Phi) is 4.78. The second-order valence-corrected chi connectivity index (χ2v) is 5.12. The lowest BCUT2D eigenvalue weighted by molar-refractivity contribution is -0.138. The molecule has 5 nitrogen and oxygen atoms in total. The minimum Gasteiger partial charge on any atom is -0.480 e. The summed E-state index contributed by atoms with van der Waals surface area (Å²) in [5, 5.41) is 11.5. The van der Waals surface area contributed by atoms with E-state index in [1.165, 1.54) is 17.7 Å². The van der Waals surface area contributed by atoms with Gasteiger partial charge in [0.15, 0.2) is 0 Å². The Hall–Kier alpha value is -1.26. The van der Waals surface area contributed by atoms with Gasteiger partial charge in [0.1, 0.15) is 6.54 Å². The molecule has 1 unspecified atom stereocenters. The molecule has 0 aliphatic heterocycles. The van der Waals surface area contributed by atoms with Crippen LogP contribution in [0.4, 0.5) is 4.79 Å². The first-order valence-electron chi connectivity index (χ1n) is 6.18. The Morgan fingerprint density at radius 3 is 2.35 bits per heavy atom. The Balaban J connectivity index is 2.38. The van der Waals surface area contributed by atoms with Crippen LogP contribution in [0, 0.1) is 11.8 Å². The zero-order chi connectivity index (χ0) is 13.0. The average molecular weight is 242 g/mol. The van der Waals surface area contributed by atoms with E-state index in [-0.39, 0.29) is 18.6 Å². The summed E-state index contributed by atoms with van der Waals surface area (Å²) in [6.07, 6.45) is 2.50. The lowest BCUT2D eigenvalue weighted by Gasteiger charge is -2.25. The minimum atomic E-state index is -0.982. The predicted molar refractivity (Wildman–Crippen MR) is 64.8 cm³/mol. The van der Waals surface area contributed by atoms with Crippen LogP contribution < -0.4 is 5.32 Å². The van der Waals surface area contributed by atoms with Gasteiger partial charge in [0.05, 0.1) is 0 Å². The molecule has 0 aromatic rings. The number of amides is 2. The van der Waals surface area contributed by atoms with E-state index in [0.29, 0.717) is 12.5 Å². The highest BCUT2D eigenvalue weighted by Gasteiger charge is 2.28. The molecule has 1 aliphatic rings. The Labute approximate surface area is 102 Å². The monoisotopic (exact) mass is 242 g/mol. The fraction of sp³-hybridized carbons (Fsp3) is 0.833. The first kappa shape index (κ1) is 13.8. The third kappa shape index (κ3) is 4.63. The van der Waals surface area contributed by atoms with E-state index in [1.807, 2.05) is 13.8 Å². The van der Waals surface area contributed by atoms with Gasteiger partial charge in [0, 0.05) is 12.6 Å². The number of hydrogen-bond acceptors (Lipinski definition) is 2. The summed E-state index contributed by atoms with van der Waals surface area (Å²) < 4.78 is 0. The van der Waals surface area contributed by atoms with Gasteiger partial charge in [-0.3, -0.25) is 4.79 Å². The first-order chi connectivity index (χ1) is 7.91. The van der Waals surface area contributed by atoms with Crippen molar-refractivity contribution in [2.45, 2.75) is 39.7 Å². The zero-order valence-electron chi connectivity index (χ0n) is 10.8. The van der Waals surface area contributed by atoms with Crippen molar-refractivity contribution in [1.82, 2.24) is 10.2 Å². The standard InChI is InChI=1S/C12H22N2O3/c1-8(2)14(7-11(15)16)12(17)13-6-9(3)10-4-5-10/h8-10H,4-7H2,1-3H3,(H,13,17)(H,15,16). The molecular formula is C12H22N2O3. The molecular weight excluding hydrogens is 220 g/mol. The van der Waals surface area contributed by atoms with Crippen LogP contribution in [0.3, 0.4) is 0 Å². The van der Waals surface area contributed by atoms with Gasteiger partial charge in [-0.25, -0.2) is 4.79 Å². The summed E-state index contributed by atoms with van der Waals surface area (Å²) >= 11 is 0. The van der Waals surface area contributed by atoms with Crippen molar-refractivity contribution >= 4 is 12.0 Å². The fourth-order valence-electron chi connectivity index (χ4n) is 1.82. The normalized spacial score (nSPS) is 16.7. The van der Waals surface area contributed by atoms with Crippen LogP contribution in [0.1, 0.15) is 33.6 Å². The molecule has 17 heavy (non-hydrogen) atoms. The maximum absolute atomic E-state index is 11.8. The second kappa shape index (κ2) is 5.89. The van der Waals surface area contributed by atoms with Crippen molar-refractivity contribution in [3.63, 3.8) is 0 Å². The van der Waals surface area contributed by atoms with E-state index in [9.17, 15) is 9.59 Å². The van der Waals surface area contributed by atoms with Crippen LogP contribution in [0.2, 0.25) is 0 Å². The molecule has 1 rings (SSSR count). The SMILES string of the molecule is CC(CNC(=O)N(CC(=O)O)C(C)C)C1CC1. The Morgan fingerprint density at radius 2 is 1.94 bits per heavy atom. The van der Waals surface area contributed by atoms with E-state index in [2.05, 4.69) is 12.2 Å². The quantitative estimate of drug-likeness (QED) is 0.742. The third-order valence-electron chi connectivity index (χ3n) is 3.19. The Bertz CT molecular complexity index is 287. The van der Waals surface area contributed by atoms with Crippen LogP contribution in [0.5, 0.6) is 0 Å². The smallest absolute Gasteiger partial charge is 0.323 e. The number of carboxylic acids is 1. The van der Waals surface area contributed by atoms with Crippen molar-refractivity contribution < 1.29 is 14.7 Å². The van der Waals surface area contributed by atoms with Crippen LogP contribution >= 0.6 is 0 Å².